The van der Waals surface area contributed by atoms with Crippen molar-refractivity contribution in [1.29, 1.82) is 0 Å². The average Bonchev–Trinajstić information content (AvgIpc) is 3.31. The first-order valence-electron chi connectivity index (χ1n) is 13.4. The lowest BCUT2D eigenvalue weighted by atomic mass is 9.49. The molecule has 0 bridgehead atoms. The fourth-order valence-corrected chi connectivity index (χ4v) is 8.45. The zero-order valence-electron chi connectivity index (χ0n) is 22.2. The number of aromatic hydroxyl groups is 2. The molecule has 0 unspecified atom stereocenters. The highest BCUT2D eigenvalue weighted by Gasteiger charge is 2.81. The predicted octanol–water partition coefficient (Wildman–Crippen LogP) is 3.71. The van der Waals surface area contributed by atoms with Gasteiger partial charge in [-0.2, -0.15) is 0 Å². The molecule has 0 amide bonds. The number of Topliss-reactive ketones (excluding diaryl/α,β-unsaturated/α-hetero) is 1. The normalized spacial score (nSPS) is 32.0. The molecule has 1 spiro atoms. The molecule has 0 aromatic heterocycles. The summed E-state index contributed by atoms with van der Waals surface area (Å²) in [6.07, 6.45) is -1.02. The van der Waals surface area contributed by atoms with Crippen molar-refractivity contribution in [3.8, 4) is 17.2 Å². The number of rotatable bonds is 0. The van der Waals surface area contributed by atoms with Gasteiger partial charge >= 0.3 is 0 Å². The average molecular weight is 553 g/mol. The van der Waals surface area contributed by atoms with E-state index in [0.29, 0.717) is 11.1 Å². The number of ether oxygens (including phenoxy) is 2. The molecule has 206 valence electrons. The smallest absolute Gasteiger partial charge is 0.253 e. The molecule has 9 nitrogen and oxygen atoms in total. The zero-order chi connectivity index (χ0) is 29.0. The Kier molecular flexibility index (Phi) is 4.18. The molecule has 1 saturated heterocycles. The number of hydrogen-bond donors (Lipinski definition) is 4. The first kappa shape index (κ1) is 24.3. The maximum absolute atomic E-state index is 14.1. The van der Waals surface area contributed by atoms with Crippen molar-refractivity contribution in [2.45, 2.75) is 50.1 Å². The van der Waals surface area contributed by atoms with Gasteiger partial charge in [-0.3, -0.25) is 14.4 Å². The number of phenols is 2. The molecule has 2 aliphatic heterocycles. The van der Waals surface area contributed by atoms with Crippen LogP contribution in [-0.4, -0.2) is 49.5 Å². The predicted molar refractivity (Wildman–Crippen MR) is 142 cm³/mol. The molecule has 4 N–H and O–H groups in total. The van der Waals surface area contributed by atoms with Crippen LogP contribution in [0.5, 0.6) is 17.2 Å². The van der Waals surface area contributed by atoms with Gasteiger partial charge in [0.05, 0.1) is 34.0 Å². The summed E-state index contributed by atoms with van der Waals surface area (Å²) >= 11 is 0. The van der Waals surface area contributed by atoms with Crippen molar-refractivity contribution < 1.29 is 44.3 Å². The van der Waals surface area contributed by atoms with Gasteiger partial charge in [0.15, 0.2) is 11.6 Å². The standard InChI is InChI=1S/C32H24O9/c1-12-9-15-21(19(34)10-12)26(37)22-14(25(15)36)7-8-17-28(22)41-32-16-5-4-6-18(33)23(16)27(38)24-20(35)11-30(3,39)29(13(2)40-32)31(17,24)32/h4-10,13,29,33-34,38-39H,11H2,1-3H3/t13-,29+,30+,31-,32+/m0/s1. The van der Waals surface area contributed by atoms with Crippen LogP contribution in [0.4, 0.5) is 0 Å². The maximum atomic E-state index is 14.1. The van der Waals surface area contributed by atoms with Gasteiger partial charge in [0, 0.05) is 34.6 Å². The first-order chi connectivity index (χ1) is 19.4. The summed E-state index contributed by atoms with van der Waals surface area (Å²) in [5.41, 5.74) is -2.36. The molecule has 2 fully saturated rings. The van der Waals surface area contributed by atoms with Gasteiger partial charge in [0.1, 0.15) is 28.4 Å². The number of benzene rings is 3. The van der Waals surface area contributed by atoms with Crippen LogP contribution in [0.2, 0.25) is 0 Å². The van der Waals surface area contributed by atoms with Crippen molar-refractivity contribution in [2.75, 3.05) is 0 Å². The highest BCUT2D eigenvalue weighted by molar-refractivity contribution is 6.30. The molecule has 8 rings (SSSR count). The molecule has 3 aromatic carbocycles. The largest absolute Gasteiger partial charge is 0.507 e. The number of aliphatic hydroxyl groups excluding tert-OH is 1. The summed E-state index contributed by atoms with van der Waals surface area (Å²) in [6.45, 7) is 4.98. The van der Waals surface area contributed by atoms with Crippen molar-refractivity contribution in [1.82, 2.24) is 0 Å². The summed E-state index contributed by atoms with van der Waals surface area (Å²) in [7, 11) is 0. The van der Waals surface area contributed by atoms with E-state index >= 15 is 0 Å². The minimum absolute atomic E-state index is 0.0321. The van der Waals surface area contributed by atoms with E-state index in [-0.39, 0.29) is 62.6 Å². The van der Waals surface area contributed by atoms with Crippen LogP contribution in [0.3, 0.4) is 0 Å². The molecule has 3 aromatic rings. The summed E-state index contributed by atoms with van der Waals surface area (Å²) in [6, 6.07) is 10.5. The van der Waals surface area contributed by atoms with E-state index in [9.17, 15) is 34.8 Å². The lowest BCUT2D eigenvalue weighted by Crippen LogP contribution is -2.62. The second-order valence-corrected chi connectivity index (χ2v) is 11.9. The molecule has 3 aliphatic carbocycles. The van der Waals surface area contributed by atoms with E-state index in [1.807, 2.05) is 0 Å². The minimum atomic E-state index is -1.87. The Morgan fingerprint density at radius 1 is 0.878 bits per heavy atom. The second kappa shape index (κ2) is 7.05. The molecule has 41 heavy (non-hydrogen) atoms. The Bertz CT molecular complexity index is 1880. The molecule has 2 heterocycles. The summed E-state index contributed by atoms with van der Waals surface area (Å²) in [5.74, 6) is -5.52. The van der Waals surface area contributed by atoms with Crippen LogP contribution in [0.15, 0.2) is 48.0 Å². The topological polar surface area (TPSA) is 151 Å². The Morgan fingerprint density at radius 3 is 2.39 bits per heavy atom. The molecule has 9 heteroatoms. The second-order valence-electron chi connectivity index (χ2n) is 11.9. The number of fused-ring (bicyclic) bond motifs is 5. The minimum Gasteiger partial charge on any atom is -0.507 e. The molecular formula is C32H24O9. The monoisotopic (exact) mass is 552 g/mol. The van der Waals surface area contributed by atoms with E-state index < -0.39 is 51.9 Å². The zero-order valence-corrected chi connectivity index (χ0v) is 22.2. The van der Waals surface area contributed by atoms with E-state index in [2.05, 4.69) is 0 Å². The Hall–Kier alpha value is -4.47. The van der Waals surface area contributed by atoms with E-state index in [4.69, 9.17) is 9.47 Å². The number of carbonyl (C=O) groups excluding carboxylic acids is 3. The number of ketones is 3. The van der Waals surface area contributed by atoms with Crippen LogP contribution in [0.1, 0.15) is 74.4 Å². The van der Waals surface area contributed by atoms with Crippen molar-refractivity contribution in [3.05, 3.63) is 92.5 Å². The van der Waals surface area contributed by atoms with Gasteiger partial charge in [-0.1, -0.05) is 18.2 Å². The quantitative estimate of drug-likeness (QED) is 0.256. The van der Waals surface area contributed by atoms with Crippen LogP contribution in [-0.2, 0) is 20.7 Å². The molecule has 5 aliphatic rings. The third kappa shape index (κ3) is 2.42. The van der Waals surface area contributed by atoms with Gasteiger partial charge in [-0.25, -0.2) is 0 Å². The Labute approximate surface area is 233 Å². The SMILES string of the molecule is Cc1cc(O)c2c(c1)C(=O)c1ccc3c(c1C2=O)O[C@]12O[C@@H](C)[C@@H]4[C@](C)(O)CC(=O)C(=C(O)c5c(O)cccc51)[C@@]342. The van der Waals surface area contributed by atoms with Crippen LogP contribution in [0, 0.1) is 12.8 Å². The van der Waals surface area contributed by atoms with E-state index in [1.165, 1.54) is 25.1 Å². The number of phenolic OH excluding ortho intramolecular Hbond substituents is 2. The summed E-state index contributed by atoms with van der Waals surface area (Å²) < 4.78 is 13.3. The fourth-order valence-electron chi connectivity index (χ4n) is 8.45. The molecular weight excluding hydrogens is 528 g/mol. The van der Waals surface area contributed by atoms with Crippen LogP contribution < -0.4 is 4.74 Å². The number of aryl methyl sites for hydroxylation is 1. The summed E-state index contributed by atoms with van der Waals surface area (Å²) in [5, 5.41) is 45.0. The number of hydrogen-bond acceptors (Lipinski definition) is 9. The number of aliphatic hydroxyl groups is 2. The lowest BCUT2D eigenvalue weighted by molar-refractivity contribution is -0.190. The molecule has 5 atom stereocenters. The Balaban J connectivity index is 1.52. The van der Waals surface area contributed by atoms with E-state index in [0.717, 1.165) is 0 Å². The Morgan fingerprint density at radius 2 is 1.63 bits per heavy atom. The lowest BCUT2D eigenvalue weighted by Gasteiger charge is -2.52. The van der Waals surface area contributed by atoms with E-state index in [1.54, 1.807) is 38.1 Å². The van der Waals surface area contributed by atoms with Crippen molar-refractivity contribution >= 4 is 23.1 Å². The highest BCUT2D eigenvalue weighted by atomic mass is 16.7. The van der Waals surface area contributed by atoms with Gasteiger partial charge in [-0.15, -0.1) is 0 Å². The van der Waals surface area contributed by atoms with Gasteiger partial charge in [0.2, 0.25) is 5.78 Å². The third-order valence-corrected chi connectivity index (χ3v) is 9.57. The first-order valence-corrected chi connectivity index (χ1v) is 13.4. The van der Waals surface area contributed by atoms with Gasteiger partial charge in [-0.05, 0) is 50.6 Å². The number of carbonyl (C=O) groups is 3. The van der Waals surface area contributed by atoms with Gasteiger partial charge < -0.3 is 29.9 Å². The fraction of sp³-hybridized carbons (Fsp3) is 0.281. The summed E-state index contributed by atoms with van der Waals surface area (Å²) in [4.78, 5) is 41.6. The van der Waals surface area contributed by atoms with Crippen LogP contribution >= 0.6 is 0 Å². The van der Waals surface area contributed by atoms with Crippen LogP contribution in [0.25, 0.3) is 5.76 Å². The highest BCUT2D eigenvalue weighted by Crippen LogP contribution is 2.74. The van der Waals surface area contributed by atoms with Gasteiger partial charge in [0.25, 0.3) is 5.79 Å². The molecule has 0 radical (unpaired) electrons. The molecule has 1 saturated carbocycles. The maximum Gasteiger partial charge on any atom is 0.253 e. The van der Waals surface area contributed by atoms with Crippen molar-refractivity contribution in [3.63, 3.8) is 0 Å². The van der Waals surface area contributed by atoms with Crippen molar-refractivity contribution in [2.24, 2.45) is 5.92 Å². The third-order valence-electron chi connectivity index (χ3n) is 9.57.